The normalized spacial score (nSPS) is 16.8. The van der Waals surface area contributed by atoms with E-state index in [0.29, 0.717) is 5.92 Å². The summed E-state index contributed by atoms with van der Waals surface area (Å²) in [7, 11) is 0. The molecule has 0 amide bonds. The van der Waals surface area contributed by atoms with Crippen molar-refractivity contribution in [3.63, 3.8) is 0 Å². The molecule has 0 saturated heterocycles. The molecule has 0 nitrogen and oxygen atoms in total. The molecule has 3 rings (SSSR count). The minimum Gasteiger partial charge on any atom is -0.117 e. The van der Waals surface area contributed by atoms with Crippen LogP contribution in [0.1, 0.15) is 48.4 Å². The summed E-state index contributed by atoms with van der Waals surface area (Å²) in [6, 6.07) is 17.6. The minimum atomic E-state index is 0.103. The van der Waals surface area contributed by atoms with Crippen LogP contribution >= 0.6 is 11.6 Å². The minimum absolute atomic E-state index is 0.103. The molecule has 2 aromatic rings. The van der Waals surface area contributed by atoms with Crippen molar-refractivity contribution in [3.05, 3.63) is 70.8 Å². The molecule has 1 aliphatic rings. The lowest BCUT2D eigenvalue weighted by molar-refractivity contribution is 0.540. The van der Waals surface area contributed by atoms with Gasteiger partial charge in [-0.25, -0.2) is 0 Å². The van der Waals surface area contributed by atoms with E-state index in [2.05, 4.69) is 69.3 Å². The van der Waals surface area contributed by atoms with E-state index in [4.69, 9.17) is 11.6 Å². The fourth-order valence-electron chi connectivity index (χ4n) is 3.24. The highest BCUT2D eigenvalue weighted by molar-refractivity contribution is 6.21. The van der Waals surface area contributed by atoms with Gasteiger partial charge in [-0.15, -0.1) is 11.6 Å². The summed E-state index contributed by atoms with van der Waals surface area (Å²) >= 11 is 6.77. The maximum Gasteiger partial charge on any atom is 0.0619 e. The number of rotatable bonds is 2. The lowest BCUT2D eigenvalue weighted by Gasteiger charge is -2.21. The number of fused-ring (bicyclic) bond motifs is 1. The Balaban J connectivity index is 1.76. The zero-order valence-electron chi connectivity index (χ0n) is 13.1. The molecule has 21 heavy (non-hydrogen) atoms. The Bertz CT molecular complexity index is 594. The molecule has 2 aromatic carbocycles. The van der Waals surface area contributed by atoms with Gasteiger partial charge in [0.25, 0.3) is 0 Å². The maximum atomic E-state index is 6.77. The fourth-order valence-corrected chi connectivity index (χ4v) is 3.56. The molecule has 0 fully saturated rings. The molecule has 0 saturated carbocycles. The average Bonchev–Trinajstić information content (AvgIpc) is 2.89. The van der Waals surface area contributed by atoms with Crippen LogP contribution in [0.25, 0.3) is 0 Å². The number of benzene rings is 2. The van der Waals surface area contributed by atoms with Gasteiger partial charge in [0.15, 0.2) is 0 Å². The Hall–Kier alpha value is -1.27. The Morgan fingerprint density at radius 2 is 1.43 bits per heavy atom. The van der Waals surface area contributed by atoms with Gasteiger partial charge in [0.1, 0.15) is 0 Å². The van der Waals surface area contributed by atoms with Crippen molar-refractivity contribution in [3.8, 4) is 0 Å². The molecular weight excluding hydrogens is 276 g/mol. The van der Waals surface area contributed by atoms with Crippen LogP contribution in [0.3, 0.4) is 0 Å². The second kappa shape index (κ2) is 5.50. The van der Waals surface area contributed by atoms with Crippen LogP contribution in [0.15, 0.2) is 48.5 Å². The van der Waals surface area contributed by atoms with Crippen LogP contribution in [0.2, 0.25) is 0 Å². The summed E-state index contributed by atoms with van der Waals surface area (Å²) in [5.41, 5.74) is 5.76. The monoisotopic (exact) mass is 298 g/mol. The number of hydrogen-bond donors (Lipinski definition) is 0. The molecule has 110 valence electrons. The highest BCUT2D eigenvalue weighted by Crippen LogP contribution is 2.39. The zero-order chi connectivity index (χ0) is 15.0. The number of halogens is 1. The highest BCUT2D eigenvalue weighted by Gasteiger charge is 2.28. The average molecular weight is 299 g/mol. The first-order valence-corrected chi connectivity index (χ1v) is 8.20. The van der Waals surface area contributed by atoms with Gasteiger partial charge >= 0.3 is 0 Å². The fraction of sp³-hybridized carbons (Fsp3) is 0.400. The van der Waals surface area contributed by atoms with E-state index in [0.717, 1.165) is 12.8 Å². The molecule has 0 radical (unpaired) electrons. The van der Waals surface area contributed by atoms with E-state index < -0.39 is 0 Å². The molecule has 1 aliphatic carbocycles. The van der Waals surface area contributed by atoms with E-state index in [1.165, 1.54) is 22.3 Å². The summed E-state index contributed by atoms with van der Waals surface area (Å²) in [6.45, 7) is 6.73. The van der Waals surface area contributed by atoms with Gasteiger partial charge in [0, 0.05) is 0 Å². The Morgan fingerprint density at radius 1 is 0.905 bits per heavy atom. The van der Waals surface area contributed by atoms with Crippen molar-refractivity contribution < 1.29 is 0 Å². The van der Waals surface area contributed by atoms with Gasteiger partial charge in [0.05, 0.1) is 5.38 Å². The van der Waals surface area contributed by atoms with Crippen molar-refractivity contribution in [2.45, 2.75) is 44.4 Å². The third-order valence-electron chi connectivity index (χ3n) is 4.59. The first-order chi connectivity index (χ1) is 9.95. The van der Waals surface area contributed by atoms with Crippen molar-refractivity contribution in [2.75, 3.05) is 0 Å². The van der Waals surface area contributed by atoms with E-state index in [9.17, 15) is 0 Å². The lowest BCUT2D eigenvalue weighted by Crippen LogP contribution is -2.12. The molecule has 0 aromatic heterocycles. The van der Waals surface area contributed by atoms with Gasteiger partial charge in [-0.05, 0) is 46.4 Å². The van der Waals surface area contributed by atoms with Crippen molar-refractivity contribution >= 4 is 11.6 Å². The molecule has 0 aliphatic heterocycles. The molecule has 0 bridgehead atoms. The Labute approximate surface area is 133 Å². The predicted molar refractivity (Wildman–Crippen MR) is 91.1 cm³/mol. The summed E-state index contributed by atoms with van der Waals surface area (Å²) in [5, 5.41) is 0.103. The molecule has 1 unspecified atom stereocenters. The van der Waals surface area contributed by atoms with Crippen LogP contribution in [0, 0.1) is 5.92 Å². The van der Waals surface area contributed by atoms with Gasteiger partial charge < -0.3 is 0 Å². The summed E-state index contributed by atoms with van der Waals surface area (Å²) in [6.07, 6.45) is 2.21. The molecule has 0 spiro atoms. The Morgan fingerprint density at radius 3 is 1.90 bits per heavy atom. The third kappa shape index (κ3) is 3.01. The standard InChI is InChI=1S/C20H23Cl/c1-20(2,3)18-10-8-14(9-11-18)19(21)17-12-15-6-4-5-7-16(15)13-17/h4-11,17,19H,12-13H2,1-3H3. The molecule has 1 heteroatoms. The third-order valence-corrected chi connectivity index (χ3v) is 5.20. The smallest absolute Gasteiger partial charge is 0.0619 e. The molecular formula is C20H23Cl. The molecule has 0 heterocycles. The van der Waals surface area contributed by atoms with Crippen LogP contribution in [0.4, 0.5) is 0 Å². The lowest BCUT2D eigenvalue weighted by atomic mass is 9.86. The quantitative estimate of drug-likeness (QED) is 0.626. The van der Waals surface area contributed by atoms with E-state index >= 15 is 0 Å². The maximum absolute atomic E-state index is 6.77. The molecule has 0 N–H and O–H groups in total. The van der Waals surface area contributed by atoms with Gasteiger partial charge in [-0.2, -0.15) is 0 Å². The van der Waals surface area contributed by atoms with Crippen LogP contribution in [-0.4, -0.2) is 0 Å². The highest BCUT2D eigenvalue weighted by atomic mass is 35.5. The number of hydrogen-bond acceptors (Lipinski definition) is 0. The van der Waals surface area contributed by atoms with Crippen LogP contribution in [0.5, 0.6) is 0 Å². The van der Waals surface area contributed by atoms with E-state index in [1.807, 2.05) is 0 Å². The topological polar surface area (TPSA) is 0 Å². The SMILES string of the molecule is CC(C)(C)c1ccc(C(Cl)C2Cc3ccccc3C2)cc1. The first-order valence-electron chi connectivity index (χ1n) is 7.76. The van der Waals surface area contributed by atoms with Gasteiger partial charge in [0.2, 0.25) is 0 Å². The van der Waals surface area contributed by atoms with Crippen molar-refractivity contribution in [1.29, 1.82) is 0 Å². The summed E-state index contributed by atoms with van der Waals surface area (Å²) in [5.74, 6) is 0.518. The summed E-state index contributed by atoms with van der Waals surface area (Å²) < 4.78 is 0. The van der Waals surface area contributed by atoms with Crippen LogP contribution in [-0.2, 0) is 18.3 Å². The second-order valence-corrected chi connectivity index (χ2v) is 7.68. The van der Waals surface area contributed by atoms with Crippen molar-refractivity contribution in [2.24, 2.45) is 5.92 Å². The summed E-state index contributed by atoms with van der Waals surface area (Å²) in [4.78, 5) is 0. The van der Waals surface area contributed by atoms with E-state index in [-0.39, 0.29) is 10.8 Å². The Kier molecular flexibility index (Phi) is 3.84. The van der Waals surface area contributed by atoms with Crippen molar-refractivity contribution in [1.82, 2.24) is 0 Å². The molecule has 1 atom stereocenters. The zero-order valence-corrected chi connectivity index (χ0v) is 13.8. The van der Waals surface area contributed by atoms with Gasteiger partial charge in [-0.3, -0.25) is 0 Å². The van der Waals surface area contributed by atoms with Crippen LogP contribution < -0.4 is 0 Å². The first kappa shape index (κ1) is 14.7. The number of alkyl halides is 1. The van der Waals surface area contributed by atoms with Gasteiger partial charge in [-0.1, -0.05) is 69.3 Å². The predicted octanol–water partition coefficient (Wildman–Crippen LogP) is 5.68. The second-order valence-electron chi connectivity index (χ2n) is 7.21. The largest absolute Gasteiger partial charge is 0.117 e. The van der Waals surface area contributed by atoms with E-state index in [1.54, 1.807) is 0 Å².